The van der Waals surface area contributed by atoms with Crippen molar-refractivity contribution >= 4 is 66.1 Å². The largest absolute Gasteiger partial charge is 0.461 e. The van der Waals surface area contributed by atoms with E-state index in [9.17, 15) is 0 Å². The highest BCUT2D eigenvalue weighted by Gasteiger charge is 2.27. The lowest BCUT2D eigenvalue weighted by molar-refractivity contribution is 0.403. The van der Waals surface area contributed by atoms with Crippen LogP contribution in [0.15, 0.2) is 175 Å². The molecule has 58 heavy (non-hydrogen) atoms. The molecule has 2 aliphatic carbocycles. The molecule has 9 rings (SSSR count). The Hall–Kier alpha value is -5.83. The van der Waals surface area contributed by atoms with E-state index in [0.29, 0.717) is 12.8 Å². The minimum Gasteiger partial charge on any atom is -0.461 e. The van der Waals surface area contributed by atoms with E-state index >= 15 is 0 Å². The molecule has 0 spiro atoms. The molecule has 0 saturated heterocycles. The second-order valence-corrected chi connectivity index (χ2v) is 28.0. The van der Waals surface area contributed by atoms with Crippen molar-refractivity contribution in [2.75, 3.05) is 9.80 Å². The van der Waals surface area contributed by atoms with E-state index in [-0.39, 0.29) is 6.04 Å². The molecule has 4 bridgehead atoms. The number of anilines is 5. The van der Waals surface area contributed by atoms with Crippen LogP contribution < -0.4 is 29.6 Å². The summed E-state index contributed by atoms with van der Waals surface area (Å²) in [5.41, 5.74) is 10.3. The Bertz CT molecular complexity index is 2550. The third kappa shape index (κ3) is 7.62. The van der Waals surface area contributed by atoms with E-state index in [4.69, 9.17) is 9.47 Å². The Kier molecular flexibility index (Phi) is 9.86. The Labute approximate surface area is 346 Å². The van der Waals surface area contributed by atoms with Crippen molar-refractivity contribution in [2.45, 2.75) is 64.6 Å². The molecule has 0 aromatic heterocycles. The SMILES string of the molecule is C[Si](C)(C)c1ccc(N(c2ccccc2)c2ccc3c(c2)O/C2=C/C=C4\C/C(=C\C=C3C2)Oc2cc(N(c3ccc([Si](C)(C)C)cc3)C3C=CC=CC3)ccc24)cc1. The van der Waals surface area contributed by atoms with E-state index in [0.717, 1.165) is 63.3 Å². The van der Waals surface area contributed by atoms with Crippen molar-refractivity contribution in [1.29, 1.82) is 0 Å². The van der Waals surface area contributed by atoms with E-state index < -0.39 is 16.1 Å². The minimum atomic E-state index is -1.43. The van der Waals surface area contributed by atoms with Crippen molar-refractivity contribution in [3.8, 4) is 11.5 Å². The Morgan fingerprint density at radius 1 is 0.500 bits per heavy atom. The molecule has 290 valence electrons. The topological polar surface area (TPSA) is 24.9 Å². The van der Waals surface area contributed by atoms with Gasteiger partial charge in [-0.15, -0.1) is 0 Å². The van der Waals surface area contributed by atoms with Gasteiger partial charge in [-0.25, -0.2) is 0 Å². The Morgan fingerprint density at radius 3 is 1.53 bits per heavy atom. The van der Waals surface area contributed by atoms with Crippen molar-refractivity contribution in [2.24, 2.45) is 0 Å². The molecular weight excluding hydrogens is 741 g/mol. The zero-order chi connectivity index (χ0) is 40.0. The predicted octanol–water partition coefficient (Wildman–Crippen LogP) is 13.1. The van der Waals surface area contributed by atoms with Crippen LogP contribution in [0.4, 0.5) is 28.4 Å². The maximum absolute atomic E-state index is 6.78. The lowest BCUT2D eigenvalue weighted by Gasteiger charge is -2.34. The number of hydrogen-bond acceptors (Lipinski definition) is 4. The van der Waals surface area contributed by atoms with E-state index in [1.807, 2.05) is 0 Å². The van der Waals surface area contributed by atoms with Gasteiger partial charge in [0.2, 0.25) is 0 Å². The van der Waals surface area contributed by atoms with Crippen LogP contribution in [0, 0.1) is 0 Å². The highest BCUT2D eigenvalue weighted by atomic mass is 28.3. The first kappa shape index (κ1) is 37.7. The smallest absolute Gasteiger partial charge is 0.136 e. The number of para-hydroxylation sites is 1. The van der Waals surface area contributed by atoms with Crippen LogP contribution in [0.1, 0.15) is 30.4 Å². The predicted molar refractivity (Wildman–Crippen MR) is 251 cm³/mol. The van der Waals surface area contributed by atoms with Gasteiger partial charge in [-0.2, -0.15) is 0 Å². The maximum atomic E-state index is 6.78. The zero-order valence-electron chi connectivity index (χ0n) is 34.5. The summed E-state index contributed by atoms with van der Waals surface area (Å²) in [4.78, 5) is 4.78. The van der Waals surface area contributed by atoms with Gasteiger partial charge in [0.15, 0.2) is 0 Å². The lowest BCUT2D eigenvalue weighted by atomic mass is 9.93. The van der Waals surface area contributed by atoms with Crippen molar-refractivity contribution in [1.82, 2.24) is 0 Å². The zero-order valence-corrected chi connectivity index (χ0v) is 36.5. The van der Waals surface area contributed by atoms with Gasteiger partial charge in [0.25, 0.3) is 0 Å². The van der Waals surface area contributed by atoms with Crippen LogP contribution in [0.5, 0.6) is 11.5 Å². The fourth-order valence-electron chi connectivity index (χ4n) is 8.35. The van der Waals surface area contributed by atoms with E-state index in [1.165, 1.54) is 27.2 Å². The van der Waals surface area contributed by atoms with Crippen LogP contribution in [-0.2, 0) is 0 Å². The quantitative estimate of drug-likeness (QED) is 0.146. The molecule has 0 amide bonds. The Balaban J connectivity index is 1.06. The average Bonchev–Trinajstić information content (AvgIpc) is 3.22. The summed E-state index contributed by atoms with van der Waals surface area (Å²) in [6.45, 7) is 14.4. The molecule has 5 aromatic rings. The van der Waals surface area contributed by atoms with Crippen molar-refractivity contribution < 1.29 is 9.47 Å². The molecule has 0 N–H and O–H groups in total. The number of ether oxygens (including phenoxy) is 2. The minimum absolute atomic E-state index is 0.210. The average molecular weight is 793 g/mol. The van der Waals surface area contributed by atoms with Gasteiger partial charge < -0.3 is 19.3 Å². The number of allylic oxidation sites excluding steroid dienone is 8. The maximum Gasteiger partial charge on any atom is 0.136 e. The third-order valence-electron chi connectivity index (χ3n) is 11.6. The molecule has 0 radical (unpaired) electrons. The van der Waals surface area contributed by atoms with Gasteiger partial charge in [-0.3, -0.25) is 0 Å². The molecule has 4 nitrogen and oxygen atoms in total. The third-order valence-corrected chi connectivity index (χ3v) is 15.7. The van der Waals surface area contributed by atoms with Crippen molar-refractivity contribution in [3.05, 3.63) is 187 Å². The van der Waals surface area contributed by atoms with Gasteiger partial charge in [-0.1, -0.05) is 129 Å². The summed E-state index contributed by atoms with van der Waals surface area (Å²) in [6.07, 6.45) is 20.0. The van der Waals surface area contributed by atoms with Crippen molar-refractivity contribution in [3.63, 3.8) is 0 Å². The van der Waals surface area contributed by atoms with Gasteiger partial charge >= 0.3 is 0 Å². The first-order valence-corrected chi connectivity index (χ1v) is 27.6. The summed E-state index contributed by atoms with van der Waals surface area (Å²) in [5.74, 6) is 3.61. The molecule has 1 atom stereocenters. The van der Waals surface area contributed by atoms with Crippen LogP contribution in [0.2, 0.25) is 39.3 Å². The highest BCUT2D eigenvalue weighted by molar-refractivity contribution is 6.89. The number of nitrogens with zero attached hydrogens (tertiary/aromatic N) is 2. The summed E-state index contributed by atoms with van der Waals surface area (Å²) in [6, 6.07) is 42.5. The molecule has 0 saturated carbocycles. The first-order chi connectivity index (χ1) is 28.0. The van der Waals surface area contributed by atoms with Gasteiger partial charge in [-0.05, 0) is 90.4 Å². The fourth-order valence-corrected chi connectivity index (χ4v) is 10.7. The summed E-state index contributed by atoms with van der Waals surface area (Å²) >= 11 is 0. The normalized spacial score (nSPS) is 19.7. The number of rotatable bonds is 8. The summed E-state index contributed by atoms with van der Waals surface area (Å²) in [7, 11) is -2.86. The van der Waals surface area contributed by atoms with Crippen LogP contribution >= 0.6 is 0 Å². The molecule has 1 unspecified atom stereocenters. The monoisotopic (exact) mass is 792 g/mol. The second kappa shape index (κ2) is 15.2. The molecule has 0 fully saturated rings. The van der Waals surface area contributed by atoms with Gasteiger partial charge in [0.1, 0.15) is 23.0 Å². The summed E-state index contributed by atoms with van der Waals surface area (Å²) < 4.78 is 13.6. The molecular formula is C52H52N2O2Si2. The second-order valence-electron chi connectivity index (χ2n) is 17.8. The lowest BCUT2D eigenvalue weighted by Crippen LogP contribution is -2.37. The number of hydrogen-bond donors (Lipinski definition) is 0. The van der Waals surface area contributed by atoms with Gasteiger partial charge in [0.05, 0.1) is 22.2 Å². The Morgan fingerprint density at radius 2 is 1.00 bits per heavy atom. The molecule has 5 aromatic carbocycles. The molecule has 4 aliphatic rings. The number of benzene rings is 5. The van der Waals surface area contributed by atoms with Crippen LogP contribution in [-0.4, -0.2) is 22.2 Å². The summed E-state index contributed by atoms with van der Waals surface area (Å²) in [5, 5.41) is 2.91. The fraction of sp³-hybridized carbons (Fsp3) is 0.192. The van der Waals surface area contributed by atoms with E-state index in [1.54, 1.807) is 0 Å². The molecule has 2 heterocycles. The first-order valence-electron chi connectivity index (χ1n) is 20.6. The van der Waals surface area contributed by atoms with Gasteiger partial charge in [0, 0.05) is 64.5 Å². The number of fused-ring (bicyclic) bond motifs is 8. The van der Waals surface area contributed by atoms with E-state index in [2.05, 4.69) is 213 Å². The molecule has 6 heteroatoms. The standard InChI is InChI=1S/C52H52N2O2Si2/c1-57(2,3)47-27-19-41(20-28-47)53(39-13-9-7-10-14-39)43-23-31-49-37-17-26-46-34-38(18-25-45(33-37)55-51(49)35-43)50-32-24-44(36-52(50)56-46)54(40-15-11-8-12-16-40)42-21-29-48(30-22-42)58(4,5)6/h7-15,17-32,35-36,40H,16,33-34H2,1-6H3/b37-17?,38-18+,45-25+,46-26+. The van der Waals surface area contributed by atoms with Crippen LogP contribution in [0.25, 0.3) is 11.1 Å². The van der Waals surface area contributed by atoms with Crippen LogP contribution in [0.3, 0.4) is 0 Å². The molecule has 2 aliphatic heterocycles. The highest BCUT2D eigenvalue weighted by Crippen LogP contribution is 2.46.